The van der Waals surface area contributed by atoms with Gasteiger partial charge in [-0.25, -0.2) is 0 Å². The van der Waals surface area contributed by atoms with E-state index >= 15 is 0 Å². The number of hydrogen-bond donors (Lipinski definition) is 1. The fraction of sp³-hybridized carbons (Fsp3) is 0.478. The van der Waals surface area contributed by atoms with Crippen molar-refractivity contribution in [1.29, 1.82) is 0 Å². The Morgan fingerprint density at radius 1 is 1.00 bits per heavy atom. The highest BCUT2D eigenvalue weighted by atomic mass is 16.5. The molecule has 2 aromatic rings. The predicted octanol–water partition coefficient (Wildman–Crippen LogP) is 4.27. The van der Waals surface area contributed by atoms with Crippen molar-refractivity contribution in [3.63, 3.8) is 0 Å². The summed E-state index contributed by atoms with van der Waals surface area (Å²) in [4.78, 5) is 2.58. The first-order chi connectivity index (χ1) is 12.7. The van der Waals surface area contributed by atoms with Gasteiger partial charge in [0.05, 0.1) is 7.11 Å². The van der Waals surface area contributed by atoms with Crippen LogP contribution >= 0.6 is 0 Å². The van der Waals surface area contributed by atoms with E-state index in [4.69, 9.17) is 4.74 Å². The van der Waals surface area contributed by atoms with E-state index in [0.717, 1.165) is 18.7 Å². The van der Waals surface area contributed by atoms with Crippen molar-refractivity contribution in [1.82, 2.24) is 10.2 Å². The Labute approximate surface area is 158 Å². The van der Waals surface area contributed by atoms with E-state index in [1.54, 1.807) is 7.11 Å². The maximum atomic E-state index is 5.23. The highest BCUT2D eigenvalue weighted by Gasteiger charge is 2.20. The Hall–Kier alpha value is -1.84. The molecule has 26 heavy (non-hydrogen) atoms. The van der Waals surface area contributed by atoms with Gasteiger partial charge in [-0.2, -0.15) is 0 Å². The van der Waals surface area contributed by atoms with Gasteiger partial charge in [0.2, 0.25) is 0 Å². The minimum absolute atomic E-state index is 0.558. The third-order valence-electron chi connectivity index (χ3n) is 5.38. The maximum absolute atomic E-state index is 5.23. The van der Waals surface area contributed by atoms with Crippen LogP contribution in [0, 0.1) is 0 Å². The summed E-state index contributed by atoms with van der Waals surface area (Å²) in [7, 11) is 1.71. The fourth-order valence-corrected chi connectivity index (χ4v) is 3.76. The smallest absolute Gasteiger partial charge is 0.118 e. The van der Waals surface area contributed by atoms with Crippen LogP contribution < -0.4 is 10.1 Å². The molecule has 0 bridgehead atoms. The van der Waals surface area contributed by atoms with Crippen LogP contribution in [0.5, 0.6) is 5.75 Å². The number of nitrogens with zero attached hydrogens (tertiary/aromatic N) is 1. The molecule has 1 aliphatic heterocycles. The molecule has 0 amide bonds. The van der Waals surface area contributed by atoms with Crippen molar-refractivity contribution in [2.75, 3.05) is 20.2 Å². The molecule has 1 fully saturated rings. The monoisotopic (exact) mass is 352 g/mol. The van der Waals surface area contributed by atoms with Gasteiger partial charge in [-0.15, -0.1) is 0 Å². The minimum Gasteiger partial charge on any atom is -0.497 e. The number of ether oxygens (including phenoxy) is 1. The van der Waals surface area contributed by atoms with Crippen LogP contribution in [-0.4, -0.2) is 37.2 Å². The normalized spacial score (nSPS) is 17.2. The Morgan fingerprint density at radius 3 is 2.35 bits per heavy atom. The molecule has 0 saturated carbocycles. The van der Waals surface area contributed by atoms with Crippen LogP contribution in [0.15, 0.2) is 54.6 Å². The van der Waals surface area contributed by atoms with Crippen molar-refractivity contribution in [3.05, 3.63) is 65.7 Å². The van der Waals surface area contributed by atoms with Crippen LogP contribution in [-0.2, 0) is 13.0 Å². The number of likely N-dealkylation sites (tertiary alicyclic amines) is 1. The van der Waals surface area contributed by atoms with E-state index in [-0.39, 0.29) is 0 Å². The molecular formula is C23H32N2O. The summed E-state index contributed by atoms with van der Waals surface area (Å²) in [5.74, 6) is 0.933. The zero-order valence-electron chi connectivity index (χ0n) is 16.2. The first-order valence-corrected chi connectivity index (χ1v) is 9.88. The molecule has 140 valence electrons. The van der Waals surface area contributed by atoms with Crippen molar-refractivity contribution < 1.29 is 4.74 Å². The third kappa shape index (κ3) is 5.86. The van der Waals surface area contributed by atoms with E-state index in [2.05, 4.69) is 71.7 Å². The number of methoxy groups -OCH3 is 1. The predicted molar refractivity (Wildman–Crippen MR) is 109 cm³/mol. The Morgan fingerprint density at radius 2 is 1.69 bits per heavy atom. The summed E-state index contributed by atoms with van der Waals surface area (Å²) in [6.45, 7) is 5.79. The Balaban J connectivity index is 1.35. The SMILES string of the molecule is COc1ccc(CC[C@@H](C)NC2CCN(Cc3ccccc3)CC2)cc1. The average Bonchev–Trinajstić information content (AvgIpc) is 2.69. The van der Waals surface area contributed by atoms with Crippen molar-refractivity contribution in [2.24, 2.45) is 0 Å². The molecule has 0 spiro atoms. The van der Waals surface area contributed by atoms with Crippen LogP contribution in [0.4, 0.5) is 0 Å². The second kappa shape index (κ2) is 9.75. The number of piperidine rings is 1. The van der Waals surface area contributed by atoms with Crippen molar-refractivity contribution in [3.8, 4) is 5.75 Å². The summed E-state index contributed by atoms with van der Waals surface area (Å²) in [6.07, 6.45) is 4.79. The molecule has 1 atom stereocenters. The van der Waals surface area contributed by atoms with Gasteiger partial charge in [0, 0.05) is 18.6 Å². The highest BCUT2D eigenvalue weighted by molar-refractivity contribution is 5.27. The van der Waals surface area contributed by atoms with Crippen LogP contribution in [0.2, 0.25) is 0 Å². The lowest BCUT2D eigenvalue weighted by atomic mass is 10.0. The van der Waals surface area contributed by atoms with E-state index in [1.165, 1.54) is 43.5 Å². The number of aryl methyl sites for hydroxylation is 1. The second-order valence-electron chi connectivity index (χ2n) is 7.49. The summed E-state index contributed by atoms with van der Waals surface area (Å²) >= 11 is 0. The molecule has 3 nitrogen and oxygen atoms in total. The molecule has 0 aliphatic carbocycles. The lowest BCUT2D eigenvalue weighted by Gasteiger charge is -2.34. The van der Waals surface area contributed by atoms with Crippen molar-refractivity contribution >= 4 is 0 Å². The van der Waals surface area contributed by atoms with Gasteiger partial charge in [-0.3, -0.25) is 4.90 Å². The molecule has 2 aromatic carbocycles. The number of nitrogens with one attached hydrogen (secondary N) is 1. The van der Waals surface area contributed by atoms with E-state index < -0.39 is 0 Å². The lowest BCUT2D eigenvalue weighted by Crippen LogP contribution is -2.45. The molecule has 1 saturated heterocycles. The number of hydrogen-bond acceptors (Lipinski definition) is 3. The summed E-state index contributed by atoms with van der Waals surface area (Å²) in [6, 6.07) is 20.5. The van der Waals surface area contributed by atoms with Crippen molar-refractivity contribution in [2.45, 2.75) is 51.2 Å². The largest absolute Gasteiger partial charge is 0.497 e. The van der Waals surface area contributed by atoms with Crippen LogP contribution in [0.25, 0.3) is 0 Å². The van der Waals surface area contributed by atoms with Gasteiger partial charge in [0.15, 0.2) is 0 Å². The van der Waals surface area contributed by atoms with Gasteiger partial charge in [0.1, 0.15) is 5.75 Å². The number of benzene rings is 2. The zero-order chi connectivity index (χ0) is 18.2. The molecule has 3 heteroatoms. The van der Waals surface area contributed by atoms with Gasteiger partial charge in [0.25, 0.3) is 0 Å². The first kappa shape index (κ1) is 18.9. The molecule has 1 aliphatic rings. The van der Waals surface area contributed by atoms with Crippen LogP contribution in [0.3, 0.4) is 0 Å². The quantitative estimate of drug-likeness (QED) is 0.768. The lowest BCUT2D eigenvalue weighted by molar-refractivity contribution is 0.184. The van der Waals surface area contributed by atoms with Crippen LogP contribution in [0.1, 0.15) is 37.3 Å². The standard InChI is InChI=1S/C23H32N2O/c1-19(8-9-20-10-12-23(26-2)13-11-20)24-22-14-16-25(17-15-22)18-21-6-4-3-5-7-21/h3-7,10-13,19,22,24H,8-9,14-18H2,1-2H3/t19-/m1/s1. The summed E-state index contributed by atoms with van der Waals surface area (Å²) < 4.78 is 5.23. The summed E-state index contributed by atoms with van der Waals surface area (Å²) in [5, 5.41) is 3.84. The number of rotatable bonds is 8. The fourth-order valence-electron chi connectivity index (χ4n) is 3.76. The van der Waals surface area contributed by atoms with Gasteiger partial charge < -0.3 is 10.1 Å². The molecule has 0 unspecified atom stereocenters. The molecule has 1 N–H and O–H groups in total. The molecule has 0 aromatic heterocycles. The Bertz CT molecular complexity index is 633. The molecule has 1 heterocycles. The van der Waals surface area contributed by atoms with E-state index in [1.807, 2.05) is 0 Å². The minimum atomic E-state index is 0.558. The topological polar surface area (TPSA) is 24.5 Å². The first-order valence-electron chi connectivity index (χ1n) is 9.88. The van der Waals surface area contributed by atoms with E-state index in [9.17, 15) is 0 Å². The molecule has 0 radical (unpaired) electrons. The maximum Gasteiger partial charge on any atom is 0.118 e. The molecule has 3 rings (SSSR count). The highest BCUT2D eigenvalue weighted by Crippen LogP contribution is 2.16. The third-order valence-corrected chi connectivity index (χ3v) is 5.38. The summed E-state index contributed by atoms with van der Waals surface area (Å²) in [5.41, 5.74) is 2.81. The van der Waals surface area contributed by atoms with Gasteiger partial charge in [-0.1, -0.05) is 42.5 Å². The van der Waals surface area contributed by atoms with Gasteiger partial charge in [-0.05, 0) is 69.0 Å². The molecular weight excluding hydrogens is 320 g/mol. The average molecular weight is 353 g/mol. The Kier molecular flexibility index (Phi) is 7.10. The zero-order valence-corrected chi connectivity index (χ0v) is 16.2. The van der Waals surface area contributed by atoms with Gasteiger partial charge >= 0.3 is 0 Å². The van der Waals surface area contributed by atoms with E-state index in [0.29, 0.717) is 12.1 Å². The second-order valence-corrected chi connectivity index (χ2v) is 7.49.